The molecule has 0 aromatic heterocycles. The molecule has 1 aromatic carbocycles. The van der Waals surface area contributed by atoms with Gasteiger partial charge in [0.25, 0.3) is 0 Å². The molecule has 1 aromatic rings. The van der Waals surface area contributed by atoms with E-state index < -0.39 is 0 Å². The third kappa shape index (κ3) is 6.91. The second-order valence-electron chi connectivity index (χ2n) is 5.66. The summed E-state index contributed by atoms with van der Waals surface area (Å²) < 4.78 is 23.9. The van der Waals surface area contributed by atoms with Gasteiger partial charge in [0.2, 0.25) is 0 Å². The quantitative estimate of drug-likeness (QED) is 0.673. The van der Waals surface area contributed by atoms with E-state index in [9.17, 15) is 4.39 Å². The van der Waals surface area contributed by atoms with Crippen LogP contribution in [0.1, 0.15) is 38.5 Å². The first kappa shape index (κ1) is 16.2. The van der Waals surface area contributed by atoms with Crippen LogP contribution in [0.2, 0.25) is 0 Å². The van der Waals surface area contributed by atoms with Crippen molar-refractivity contribution in [3.05, 3.63) is 30.1 Å². The monoisotopic (exact) mass is 296 g/mol. The Morgan fingerprint density at radius 3 is 2.71 bits per heavy atom. The van der Waals surface area contributed by atoms with Gasteiger partial charge in [-0.15, -0.1) is 0 Å². The van der Waals surface area contributed by atoms with Crippen LogP contribution in [0.5, 0.6) is 5.75 Å². The molecule has 1 atom stereocenters. The second kappa shape index (κ2) is 9.74. The number of hydrogen-bond donors (Lipinski definition) is 1. The number of rotatable bonds is 10. The van der Waals surface area contributed by atoms with Crippen molar-refractivity contribution < 1.29 is 19.2 Å². The normalized spacial score (nSPS) is 18.0. The molecule has 0 amide bonds. The van der Waals surface area contributed by atoms with Crippen molar-refractivity contribution >= 4 is 0 Å². The van der Waals surface area contributed by atoms with Crippen LogP contribution in [0, 0.1) is 5.82 Å². The van der Waals surface area contributed by atoms with Crippen LogP contribution >= 0.6 is 0 Å². The molecule has 1 aliphatic heterocycles. The van der Waals surface area contributed by atoms with E-state index in [0.29, 0.717) is 12.7 Å². The smallest absolute Gasteiger partial charge is 0.123 e. The van der Waals surface area contributed by atoms with E-state index in [2.05, 4.69) is 5.32 Å². The minimum absolute atomic E-state index is 0.221. The molecule has 0 spiro atoms. The van der Waals surface area contributed by atoms with Gasteiger partial charge in [0.05, 0.1) is 13.2 Å². The summed E-state index contributed by atoms with van der Waals surface area (Å²) in [6.07, 6.45) is 7.70. The Bertz CT molecular complexity index is 377. The van der Waals surface area contributed by atoms with E-state index >= 15 is 0 Å². The zero-order chi connectivity index (χ0) is 14.8. The van der Waals surface area contributed by atoms with Crippen LogP contribution < -0.4 is 10.1 Å². The lowest BCUT2D eigenvalue weighted by atomic mass is 10.2. The number of hydrogen-bond acceptors (Lipinski definition) is 2. The zero-order valence-corrected chi connectivity index (χ0v) is 12.7. The first-order valence-electron chi connectivity index (χ1n) is 8.16. The van der Waals surface area contributed by atoms with Crippen LogP contribution in [0.15, 0.2) is 24.3 Å². The fraction of sp³-hybridized carbons (Fsp3) is 0.647. The maximum Gasteiger partial charge on any atom is 0.123 e. The molecule has 0 unspecified atom stereocenters. The van der Waals surface area contributed by atoms with E-state index in [1.807, 2.05) is 0 Å². The Morgan fingerprint density at radius 2 is 1.95 bits per heavy atom. The molecule has 0 bridgehead atoms. The lowest BCUT2D eigenvalue weighted by molar-refractivity contribution is -0.661. The van der Waals surface area contributed by atoms with Gasteiger partial charge in [0.15, 0.2) is 0 Å². The highest BCUT2D eigenvalue weighted by Gasteiger charge is 2.16. The molecule has 1 fully saturated rings. The topological polar surface area (TPSA) is 35.1 Å². The van der Waals surface area contributed by atoms with Crippen LogP contribution in [-0.4, -0.2) is 32.4 Å². The lowest BCUT2D eigenvalue weighted by Gasteiger charge is -2.08. The first-order valence-corrected chi connectivity index (χ1v) is 8.16. The van der Waals surface area contributed by atoms with E-state index in [0.717, 1.165) is 25.3 Å². The molecular formula is C17H27FNO2+. The van der Waals surface area contributed by atoms with Gasteiger partial charge in [-0.3, -0.25) is 0 Å². The SMILES string of the molecule is Fc1ccc(OCCCCCC[NH2+]C[C@@H]2CCCO2)cc1. The molecular weight excluding hydrogens is 269 g/mol. The predicted octanol–water partition coefficient (Wildman–Crippen LogP) is 2.51. The largest absolute Gasteiger partial charge is 0.494 e. The third-order valence-electron chi connectivity index (χ3n) is 3.84. The van der Waals surface area contributed by atoms with E-state index in [1.54, 1.807) is 12.1 Å². The molecule has 1 heterocycles. The van der Waals surface area contributed by atoms with Crippen molar-refractivity contribution in [2.24, 2.45) is 0 Å². The van der Waals surface area contributed by atoms with Crippen LogP contribution in [0.4, 0.5) is 4.39 Å². The van der Waals surface area contributed by atoms with Crippen molar-refractivity contribution in [1.29, 1.82) is 0 Å². The Hall–Kier alpha value is -1.13. The Morgan fingerprint density at radius 1 is 1.14 bits per heavy atom. The molecule has 3 nitrogen and oxygen atoms in total. The minimum atomic E-state index is -0.221. The van der Waals surface area contributed by atoms with Gasteiger partial charge in [0.1, 0.15) is 24.2 Å². The molecule has 1 aliphatic rings. The number of unbranched alkanes of at least 4 members (excludes halogenated alkanes) is 3. The lowest BCUT2D eigenvalue weighted by Crippen LogP contribution is -2.86. The maximum atomic E-state index is 12.7. The van der Waals surface area contributed by atoms with Gasteiger partial charge < -0.3 is 14.8 Å². The van der Waals surface area contributed by atoms with Gasteiger partial charge in [-0.05, 0) is 62.8 Å². The Kier molecular flexibility index (Phi) is 7.54. The maximum absolute atomic E-state index is 12.7. The average Bonchev–Trinajstić information content (AvgIpc) is 3.01. The molecule has 2 rings (SSSR count). The predicted molar refractivity (Wildman–Crippen MR) is 81.0 cm³/mol. The molecule has 21 heavy (non-hydrogen) atoms. The molecule has 0 saturated carbocycles. The number of nitrogens with two attached hydrogens (primary N) is 1. The van der Waals surface area contributed by atoms with Gasteiger partial charge in [-0.2, -0.15) is 0 Å². The molecule has 1 saturated heterocycles. The van der Waals surface area contributed by atoms with Crippen molar-refractivity contribution in [2.75, 3.05) is 26.3 Å². The van der Waals surface area contributed by atoms with Crippen molar-refractivity contribution in [3.63, 3.8) is 0 Å². The van der Waals surface area contributed by atoms with Gasteiger partial charge in [0, 0.05) is 6.61 Å². The standard InChI is InChI=1S/C17H26FNO2/c18-15-7-9-16(10-8-15)20-12-4-2-1-3-11-19-14-17-6-5-13-21-17/h7-10,17,19H,1-6,11-14H2/p+1/t17-/m0/s1. The summed E-state index contributed by atoms with van der Waals surface area (Å²) in [4.78, 5) is 0. The highest BCUT2D eigenvalue weighted by molar-refractivity contribution is 5.21. The van der Waals surface area contributed by atoms with Crippen LogP contribution in [0.3, 0.4) is 0 Å². The number of quaternary nitrogens is 1. The molecule has 0 radical (unpaired) electrons. The summed E-state index contributed by atoms with van der Waals surface area (Å²) in [6, 6.07) is 6.21. The van der Waals surface area contributed by atoms with E-state index in [-0.39, 0.29) is 5.82 Å². The Balaban J connectivity index is 1.37. The highest BCUT2D eigenvalue weighted by Crippen LogP contribution is 2.12. The minimum Gasteiger partial charge on any atom is -0.494 e. The number of benzene rings is 1. The Labute approximate surface area is 126 Å². The van der Waals surface area contributed by atoms with Crippen molar-refractivity contribution in [3.8, 4) is 5.75 Å². The van der Waals surface area contributed by atoms with Crippen molar-refractivity contribution in [1.82, 2.24) is 0 Å². The van der Waals surface area contributed by atoms with Gasteiger partial charge in [-0.25, -0.2) is 4.39 Å². The summed E-state index contributed by atoms with van der Waals surface area (Å²) in [6.45, 7) is 3.98. The van der Waals surface area contributed by atoms with Crippen LogP contribution in [-0.2, 0) is 4.74 Å². The first-order chi connectivity index (χ1) is 10.3. The summed E-state index contributed by atoms with van der Waals surface area (Å²) in [5, 5.41) is 2.38. The molecule has 0 aliphatic carbocycles. The molecule has 2 N–H and O–H groups in total. The summed E-state index contributed by atoms with van der Waals surface area (Å²) in [7, 11) is 0. The second-order valence-corrected chi connectivity index (χ2v) is 5.66. The van der Waals surface area contributed by atoms with Gasteiger partial charge in [-0.1, -0.05) is 0 Å². The highest BCUT2D eigenvalue weighted by atomic mass is 19.1. The van der Waals surface area contributed by atoms with E-state index in [4.69, 9.17) is 9.47 Å². The van der Waals surface area contributed by atoms with Crippen LogP contribution in [0.25, 0.3) is 0 Å². The molecule has 4 heteroatoms. The fourth-order valence-corrected chi connectivity index (χ4v) is 2.60. The zero-order valence-electron chi connectivity index (χ0n) is 12.7. The fourth-order valence-electron chi connectivity index (χ4n) is 2.60. The number of ether oxygens (including phenoxy) is 2. The van der Waals surface area contributed by atoms with Crippen molar-refractivity contribution in [2.45, 2.75) is 44.6 Å². The van der Waals surface area contributed by atoms with Gasteiger partial charge >= 0.3 is 0 Å². The summed E-state index contributed by atoms with van der Waals surface area (Å²) in [5.41, 5.74) is 0. The third-order valence-corrected chi connectivity index (χ3v) is 3.84. The summed E-state index contributed by atoms with van der Waals surface area (Å²) in [5.74, 6) is 0.530. The number of halogens is 1. The average molecular weight is 296 g/mol. The summed E-state index contributed by atoms with van der Waals surface area (Å²) >= 11 is 0. The van der Waals surface area contributed by atoms with E-state index in [1.165, 1.54) is 50.8 Å². The molecule has 118 valence electrons.